The Morgan fingerprint density at radius 1 is 1.08 bits per heavy atom. The Hall–Kier alpha value is -2.54. The zero-order chi connectivity index (χ0) is 17.9. The summed E-state index contributed by atoms with van der Waals surface area (Å²) in [6.45, 7) is 3.03. The summed E-state index contributed by atoms with van der Waals surface area (Å²) < 4.78 is 15.7. The monoisotopic (exact) mass is 363 g/mol. The van der Waals surface area contributed by atoms with E-state index in [4.69, 9.17) is 14.2 Å². The van der Waals surface area contributed by atoms with Crippen LogP contribution in [-0.2, 0) is 9.53 Å². The molecule has 1 N–H and O–H groups in total. The van der Waals surface area contributed by atoms with E-state index in [2.05, 4.69) is 5.32 Å². The molecule has 1 aromatic heterocycles. The fraction of sp³-hybridized carbons (Fsp3) is 0.333. The Balaban J connectivity index is 1.55. The van der Waals surface area contributed by atoms with Crippen LogP contribution in [0.4, 0.5) is 0 Å². The summed E-state index contributed by atoms with van der Waals surface area (Å²) in [5.41, 5.74) is 0. The van der Waals surface area contributed by atoms with Gasteiger partial charge in [-0.15, -0.1) is 11.3 Å². The Labute approximate surface area is 150 Å². The summed E-state index contributed by atoms with van der Waals surface area (Å²) in [4.78, 5) is 24.0. The van der Waals surface area contributed by atoms with E-state index in [1.807, 2.05) is 18.4 Å². The highest BCUT2D eigenvalue weighted by Crippen LogP contribution is 2.17. The minimum absolute atomic E-state index is 0.111. The van der Waals surface area contributed by atoms with E-state index < -0.39 is 5.97 Å². The van der Waals surface area contributed by atoms with Crippen molar-refractivity contribution in [1.82, 2.24) is 5.32 Å². The van der Waals surface area contributed by atoms with Crippen LogP contribution in [0, 0.1) is 0 Å². The maximum atomic E-state index is 11.7. The molecule has 0 aliphatic carbocycles. The van der Waals surface area contributed by atoms with Crippen LogP contribution in [-0.4, -0.2) is 38.2 Å². The molecule has 1 amide bonds. The molecule has 0 aliphatic heterocycles. The van der Waals surface area contributed by atoms with Crippen molar-refractivity contribution in [2.24, 2.45) is 0 Å². The first-order chi connectivity index (χ1) is 12.2. The summed E-state index contributed by atoms with van der Waals surface area (Å²) in [7, 11) is 0. The van der Waals surface area contributed by atoms with Crippen molar-refractivity contribution in [3.63, 3.8) is 0 Å². The highest BCUT2D eigenvalue weighted by atomic mass is 32.1. The van der Waals surface area contributed by atoms with Crippen molar-refractivity contribution in [2.45, 2.75) is 13.3 Å². The van der Waals surface area contributed by atoms with Gasteiger partial charge in [0, 0.05) is 6.54 Å². The summed E-state index contributed by atoms with van der Waals surface area (Å²) >= 11 is 1.39. The maximum Gasteiger partial charge on any atom is 0.344 e. The molecule has 0 unspecified atom stereocenters. The average Bonchev–Trinajstić information content (AvgIpc) is 3.16. The lowest BCUT2D eigenvalue weighted by atomic mass is 10.3. The molecule has 0 spiro atoms. The van der Waals surface area contributed by atoms with Gasteiger partial charge in [0.05, 0.1) is 18.1 Å². The number of carbonyl (C=O) groups is 2. The lowest BCUT2D eigenvalue weighted by Crippen LogP contribution is -2.25. The van der Waals surface area contributed by atoms with Gasteiger partial charge in [0.2, 0.25) is 0 Å². The molecule has 2 aromatic rings. The van der Waals surface area contributed by atoms with E-state index in [1.165, 1.54) is 11.3 Å². The fourth-order valence-electron chi connectivity index (χ4n) is 1.94. The number of carbonyl (C=O) groups excluding carboxylic acids is 2. The Morgan fingerprint density at radius 2 is 1.80 bits per heavy atom. The van der Waals surface area contributed by atoms with Crippen LogP contribution in [0.2, 0.25) is 0 Å². The van der Waals surface area contributed by atoms with Crippen molar-refractivity contribution < 1.29 is 23.8 Å². The van der Waals surface area contributed by atoms with E-state index in [0.717, 1.165) is 5.75 Å². The second-order valence-corrected chi connectivity index (χ2v) is 5.95. The minimum Gasteiger partial charge on any atom is -0.494 e. The van der Waals surface area contributed by atoms with Gasteiger partial charge >= 0.3 is 5.97 Å². The predicted octanol–water partition coefficient (Wildman–Crippen LogP) is 2.89. The number of thiophene rings is 1. The molecule has 0 atom stereocenters. The lowest BCUT2D eigenvalue weighted by molar-refractivity contribution is -0.146. The number of hydrogen-bond donors (Lipinski definition) is 1. The average molecular weight is 363 g/mol. The van der Waals surface area contributed by atoms with Crippen molar-refractivity contribution in [3.05, 3.63) is 46.7 Å². The van der Waals surface area contributed by atoms with Gasteiger partial charge in [-0.3, -0.25) is 4.79 Å². The van der Waals surface area contributed by atoms with Crippen molar-refractivity contribution in [3.8, 4) is 11.5 Å². The lowest BCUT2D eigenvalue weighted by Gasteiger charge is -2.08. The summed E-state index contributed by atoms with van der Waals surface area (Å²) in [5.74, 6) is 0.768. The van der Waals surface area contributed by atoms with Crippen LogP contribution in [0.5, 0.6) is 11.5 Å². The normalized spacial score (nSPS) is 10.1. The highest BCUT2D eigenvalue weighted by Gasteiger charge is 2.07. The van der Waals surface area contributed by atoms with Crippen molar-refractivity contribution in [1.29, 1.82) is 0 Å². The molecule has 0 saturated carbocycles. The Kier molecular flexibility index (Phi) is 7.78. The smallest absolute Gasteiger partial charge is 0.344 e. The van der Waals surface area contributed by atoms with E-state index in [0.29, 0.717) is 30.2 Å². The second kappa shape index (κ2) is 10.4. The van der Waals surface area contributed by atoms with Gasteiger partial charge in [0.1, 0.15) is 11.5 Å². The van der Waals surface area contributed by atoms with E-state index in [9.17, 15) is 9.59 Å². The largest absolute Gasteiger partial charge is 0.494 e. The molecule has 0 saturated heterocycles. The second-order valence-electron chi connectivity index (χ2n) is 5.00. The van der Waals surface area contributed by atoms with Gasteiger partial charge in [-0.2, -0.15) is 0 Å². The summed E-state index contributed by atoms with van der Waals surface area (Å²) in [5, 5.41) is 4.62. The zero-order valence-electron chi connectivity index (χ0n) is 14.0. The first-order valence-electron chi connectivity index (χ1n) is 8.02. The number of rotatable bonds is 10. The summed E-state index contributed by atoms with van der Waals surface area (Å²) in [6, 6.07) is 10.6. The van der Waals surface area contributed by atoms with Gasteiger partial charge in [-0.25, -0.2) is 4.79 Å². The SMILES string of the molecule is CCOc1ccc(OCC(=O)OCCCNC(=O)c2cccs2)cc1. The third-order valence-electron chi connectivity index (χ3n) is 3.11. The van der Waals surface area contributed by atoms with Crippen LogP contribution in [0.25, 0.3) is 0 Å². The van der Waals surface area contributed by atoms with Crippen LogP contribution >= 0.6 is 11.3 Å². The maximum absolute atomic E-state index is 11.7. The number of hydrogen-bond acceptors (Lipinski definition) is 6. The van der Waals surface area contributed by atoms with Gasteiger partial charge in [-0.1, -0.05) is 6.07 Å². The molecule has 2 rings (SSSR count). The number of esters is 1. The van der Waals surface area contributed by atoms with Gasteiger partial charge in [0.15, 0.2) is 6.61 Å². The number of amides is 1. The standard InChI is InChI=1S/C18H21NO5S/c1-2-22-14-6-8-15(9-7-14)24-13-17(20)23-11-4-10-19-18(21)16-5-3-12-25-16/h3,5-9,12H,2,4,10-11,13H2,1H3,(H,19,21). The molecule has 1 aromatic carbocycles. The van der Waals surface area contributed by atoms with E-state index >= 15 is 0 Å². The van der Waals surface area contributed by atoms with Gasteiger partial charge < -0.3 is 19.5 Å². The van der Waals surface area contributed by atoms with Crippen molar-refractivity contribution >= 4 is 23.2 Å². The van der Waals surface area contributed by atoms with E-state index in [1.54, 1.807) is 30.3 Å². The minimum atomic E-state index is -0.446. The number of nitrogens with one attached hydrogen (secondary N) is 1. The first kappa shape index (κ1) is 18.8. The third kappa shape index (κ3) is 6.84. The van der Waals surface area contributed by atoms with Gasteiger partial charge in [-0.05, 0) is 49.1 Å². The van der Waals surface area contributed by atoms with Crippen LogP contribution in [0.3, 0.4) is 0 Å². The molecule has 0 bridgehead atoms. The first-order valence-corrected chi connectivity index (χ1v) is 8.90. The Morgan fingerprint density at radius 3 is 2.44 bits per heavy atom. The Bertz CT molecular complexity index is 655. The number of ether oxygens (including phenoxy) is 3. The molecule has 7 heteroatoms. The highest BCUT2D eigenvalue weighted by molar-refractivity contribution is 7.12. The van der Waals surface area contributed by atoms with E-state index in [-0.39, 0.29) is 19.1 Å². The topological polar surface area (TPSA) is 73.9 Å². The van der Waals surface area contributed by atoms with Crippen LogP contribution in [0.15, 0.2) is 41.8 Å². The molecule has 1 heterocycles. The summed E-state index contributed by atoms with van der Waals surface area (Å²) in [6.07, 6.45) is 0.548. The van der Waals surface area contributed by atoms with Crippen LogP contribution in [0.1, 0.15) is 23.0 Å². The molecule has 134 valence electrons. The van der Waals surface area contributed by atoms with Crippen molar-refractivity contribution in [2.75, 3.05) is 26.4 Å². The molecule has 6 nitrogen and oxygen atoms in total. The predicted molar refractivity (Wildman–Crippen MR) is 95.3 cm³/mol. The zero-order valence-corrected chi connectivity index (χ0v) is 14.8. The number of benzene rings is 1. The molecule has 0 radical (unpaired) electrons. The third-order valence-corrected chi connectivity index (χ3v) is 3.97. The van der Waals surface area contributed by atoms with Gasteiger partial charge in [0.25, 0.3) is 5.91 Å². The van der Waals surface area contributed by atoms with Crippen LogP contribution < -0.4 is 14.8 Å². The fourth-order valence-corrected chi connectivity index (χ4v) is 2.58. The molecule has 25 heavy (non-hydrogen) atoms. The molecule has 0 aliphatic rings. The molecular weight excluding hydrogens is 342 g/mol. The molecular formula is C18H21NO5S. The molecule has 0 fully saturated rings. The quantitative estimate of drug-likeness (QED) is 0.519.